The Bertz CT molecular complexity index is 319. The molecule has 1 spiro atoms. The van der Waals surface area contributed by atoms with E-state index in [0.717, 1.165) is 38.5 Å². The second kappa shape index (κ2) is 3.17. The summed E-state index contributed by atoms with van der Waals surface area (Å²) in [7, 11) is 0. The van der Waals surface area contributed by atoms with Crippen LogP contribution in [-0.4, -0.2) is 27.5 Å². The molecular weight excluding hydrogens is 208 g/mol. The molecule has 0 unspecified atom stereocenters. The summed E-state index contributed by atoms with van der Waals surface area (Å²) in [4.78, 5) is 14.2. The predicted octanol–water partition coefficient (Wildman–Crippen LogP) is 1.57. The zero-order valence-electron chi connectivity index (χ0n) is 8.79. The van der Waals surface area contributed by atoms with Crippen LogP contribution in [0.1, 0.15) is 44.9 Å². The van der Waals surface area contributed by atoms with Crippen molar-refractivity contribution in [3.05, 3.63) is 0 Å². The highest BCUT2D eigenvalue weighted by Gasteiger charge is 2.53. The molecule has 3 nitrogen and oxygen atoms in total. The first-order chi connectivity index (χ1) is 7.23. The molecule has 0 aromatic heterocycles. The molecule has 3 aliphatic rings. The van der Waals surface area contributed by atoms with Gasteiger partial charge in [0, 0.05) is 6.04 Å². The summed E-state index contributed by atoms with van der Waals surface area (Å²) in [6, 6.07) is 0.416. The van der Waals surface area contributed by atoms with Crippen molar-refractivity contribution >= 4 is 23.2 Å². The third-order valence-corrected chi connectivity index (χ3v) is 4.11. The Kier molecular flexibility index (Phi) is 2.03. The Balaban J connectivity index is 1.86. The van der Waals surface area contributed by atoms with Crippen molar-refractivity contribution in [2.24, 2.45) is 0 Å². The second-order valence-electron chi connectivity index (χ2n) is 4.98. The van der Waals surface area contributed by atoms with E-state index in [1.807, 2.05) is 4.90 Å². The summed E-state index contributed by atoms with van der Waals surface area (Å²) in [6.45, 7) is 0. The fourth-order valence-corrected chi connectivity index (χ4v) is 3.23. The Morgan fingerprint density at radius 2 is 1.93 bits per heavy atom. The van der Waals surface area contributed by atoms with E-state index in [4.69, 9.17) is 12.2 Å². The van der Waals surface area contributed by atoms with Crippen LogP contribution in [0.15, 0.2) is 0 Å². The third-order valence-electron chi connectivity index (χ3n) is 3.81. The molecule has 1 amide bonds. The Morgan fingerprint density at radius 1 is 1.27 bits per heavy atom. The van der Waals surface area contributed by atoms with Gasteiger partial charge in [-0.15, -0.1) is 0 Å². The van der Waals surface area contributed by atoms with E-state index in [0.29, 0.717) is 11.2 Å². The van der Waals surface area contributed by atoms with Crippen LogP contribution in [0.4, 0.5) is 0 Å². The maximum Gasteiger partial charge on any atom is 0.254 e. The normalized spacial score (nSPS) is 29.7. The van der Waals surface area contributed by atoms with Gasteiger partial charge in [-0.25, -0.2) is 0 Å². The molecule has 4 heteroatoms. The average molecular weight is 224 g/mol. The van der Waals surface area contributed by atoms with E-state index >= 15 is 0 Å². The minimum Gasteiger partial charge on any atom is -0.348 e. The van der Waals surface area contributed by atoms with Gasteiger partial charge in [-0.05, 0) is 37.9 Å². The van der Waals surface area contributed by atoms with Gasteiger partial charge in [-0.1, -0.05) is 19.3 Å². The Hall–Kier alpha value is -0.640. The van der Waals surface area contributed by atoms with Crippen molar-refractivity contribution in [1.29, 1.82) is 0 Å². The first-order valence-corrected chi connectivity index (χ1v) is 6.30. The molecule has 3 rings (SSSR count). The van der Waals surface area contributed by atoms with E-state index in [1.54, 1.807) is 0 Å². The summed E-state index contributed by atoms with van der Waals surface area (Å²) in [6.07, 6.45) is 7.75. The number of rotatable bonds is 1. The van der Waals surface area contributed by atoms with Gasteiger partial charge in [0.05, 0.1) is 0 Å². The van der Waals surface area contributed by atoms with Gasteiger partial charge in [0.15, 0.2) is 5.11 Å². The quantitative estimate of drug-likeness (QED) is 0.686. The van der Waals surface area contributed by atoms with Crippen molar-refractivity contribution in [1.82, 2.24) is 10.2 Å². The van der Waals surface area contributed by atoms with E-state index in [-0.39, 0.29) is 11.4 Å². The van der Waals surface area contributed by atoms with Crippen LogP contribution >= 0.6 is 12.2 Å². The summed E-state index contributed by atoms with van der Waals surface area (Å²) >= 11 is 5.28. The van der Waals surface area contributed by atoms with Crippen molar-refractivity contribution in [3.63, 3.8) is 0 Å². The number of carbonyl (C=O) groups is 1. The maximum absolute atomic E-state index is 12.4. The molecule has 0 atom stereocenters. The van der Waals surface area contributed by atoms with Gasteiger partial charge >= 0.3 is 0 Å². The molecule has 1 aliphatic heterocycles. The number of hydrogen-bond acceptors (Lipinski definition) is 2. The first kappa shape index (κ1) is 9.58. The SMILES string of the molecule is O=C1N(C2CC2)C(=S)NC12CCCCC2. The molecule has 1 saturated heterocycles. The first-order valence-electron chi connectivity index (χ1n) is 5.89. The van der Waals surface area contributed by atoms with E-state index in [9.17, 15) is 4.79 Å². The van der Waals surface area contributed by atoms with Gasteiger partial charge in [-0.2, -0.15) is 0 Å². The largest absolute Gasteiger partial charge is 0.348 e. The number of nitrogens with zero attached hydrogens (tertiary/aromatic N) is 1. The standard InChI is InChI=1S/C11H16N2OS/c14-9-11(6-2-1-3-7-11)12-10(15)13(9)8-4-5-8/h8H,1-7H2,(H,12,15). The van der Waals surface area contributed by atoms with Crippen LogP contribution in [0, 0.1) is 0 Å². The van der Waals surface area contributed by atoms with Gasteiger partial charge in [-0.3, -0.25) is 9.69 Å². The van der Waals surface area contributed by atoms with Gasteiger partial charge in [0.25, 0.3) is 5.91 Å². The van der Waals surface area contributed by atoms with Gasteiger partial charge in [0.2, 0.25) is 0 Å². The molecule has 82 valence electrons. The number of carbonyl (C=O) groups excluding carboxylic acids is 1. The van der Waals surface area contributed by atoms with Crippen LogP contribution in [0.3, 0.4) is 0 Å². The van der Waals surface area contributed by atoms with E-state index < -0.39 is 0 Å². The smallest absolute Gasteiger partial charge is 0.254 e. The summed E-state index contributed by atoms with van der Waals surface area (Å²) < 4.78 is 0. The maximum atomic E-state index is 12.4. The van der Waals surface area contributed by atoms with Crippen LogP contribution in [-0.2, 0) is 4.79 Å². The molecule has 0 aromatic carbocycles. The highest BCUT2D eigenvalue weighted by atomic mass is 32.1. The Morgan fingerprint density at radius 3 is 2.53 bits per heavy atom. The molecule has 3 fully saturated rings. The lowest BCUT2D eigenvalue weighted by Gasteiger charge is -2.30. The van der Waals surface area contributed by atoms with Crippen LogP contribution < -0.4 is 5.32 Å². The van der Waals surface area contributed by atoms with Crippen LogP contribution in [0.25, 0.3) is 0 Å². The monoisotopic (exact) mass is 224 g/mol. The number of nitrogens with one attached hydrogen (secondary N) is 1. The van der Waals surface area contributed by atoms with Crippen molar-refractivity contribution in [3.8, 4) is 0 Å². The zero-order valence-corrected chi connectivity index (χ0v) is 9.61. The Labute approximate surface area is 95.2 Å². The van der Waals surface area contributed by atoms with Crippen molar-refractivity contribution < 1.29 is 4.79 Å². The van der Waals surface area contributed by atoms with Gasteiger partial charge in [0.1, 0.15) is 5.54 Å². The lowest BCUT2D eigenvalue weighted by molar-refractivity contribution is -0.132. The molecule has 2 aliphatic carbocycles. The number of thiocarbonyl (C=S) groups is 1. The fraction of sp³-hybridized carbons (Fsp3) is 0.818. The summed E-state index contributed by atoms with van der Waals surface area (Å²) in [5, 5.41) is 3.98. The number of hydrogen-bond donors (Lipinski definition) is 1. The lowest BCUT2D eigenvalue weighted by Crippen LogP contribution is -2.48. The van der Waals surface area contributed by atoms with Crippen molar-refractivity contribution in [2.75, 3.05) is 0 Å². The van der Waals surface area contributed by atoms with Gasteiger partial charge < -0.3 is 5.32 Å². The van der Waals surface area contributed by atoms with E-state index in [1.165, 1.54) is 6.42 Å². The molecule has 1 heterocycles. The molecule has 1 N–H and O–H groups in total. The highest BCUT2D eigenvalue weighted by molar-refractivity contribution is 7.80. The predicted molar refractivity (Wildman–Crippen MR) is 61.4 cm³/mol. The lowest BCUT2D eigenvalue weighted by atomic mass is 9.82. The molecule has 2 saturated carbocycles. The van der Waals surface area contributed by atoms with Crippen molar-refractivity contribution in [2.45, 2.75) is 56.5 Å². The fourth-order valence-electron chi connectivity index (χ4n) is 2.80. The zero-order chi connectivity index (χ0) is 10.5. The third kappa shape index (κ3) is 1.38. The van der Waals surface area contributed by atoms with Crippen LogP contribution in [0.2, 0.25) is 0 Å². The van der Waals surface area contributed by atoms with E-state index in [2.05, 4.69) is 5.32 Å². The molecule has 0 aromatic rings. The molecular formula is C11H16N2OS. The van der Waals surface area contributed by atoms with Crippen LogP contribution in [0.5, 0.6) is 0 Å². The molecule has 0 bridgehead atoms. The second-order valence-corrected chi connectivity index (χ2v) is 5.37. The summed E-state index contributed by atoms with van der Waals surface area (Å²) in [5.74, 6) is 0.259. The molecule has 15 heavy (non-hydrogen) atoms. The summed E-state index contributed by atoms with van der Waals surface area (Å²) in [5.41, 5.74) is -0.308. The molecule has 0 radical (unpaired) electrons. The topological polar surface area (TPSA) is 32.3 Å². The number of amides is 1. The minimum absolute atomic E-state index is 0.259. The highest BCUT2D eigenvalue weighted by Crippen LogP contribution is 2.38. The minimum atomic E-state index is -0.308. The average Bonchev–Trinajstić information content (AvgIpc) is 3.00.